The van der Waals surface area contributed by atoms with Crippen LogP contribution < -0.4 is 0 Å². The van der Waals surface area contributed by atoms with Gasteiger partial charge in [0.25, 0.3) is 0 Å². The van der Waals surface area contributed by atoms with Gasteiger partial charge in [0.2, 0.25) is 11.8 Å². The molecule has 2 aromatic carbocycles. The lowest BCUT2D eigenvalue weighted by atomic mass is 10.1. The van der Waals surface area contributed by atoms with E-state index in [-0.39, 0.29) is 6.04 Å². The number of halogens is 3. The van der Waals surface area contributed by atoms with Gasteiger partial charge in [-0.05, 0) is 43.7 Å². The molecule has 0 bridgehead atoms. The Hall–Kier alpha value is -3.46. The Morgan fingerprint density at radius 1 is 1.03 bits per heavy atom. The Balaban J connectivity index is 1.33. The molecule has 0 radical (unpaired) electrons. The lowest BCUT2D eigenvalue weighted by Gasteiger charge is -2.20. The van der Waals surface area contributed by atoms with Crippen LogP contribution in [-0.2, 0) is 12.7 Å². The molecule has 5 rings (SSSR count). The monoisotopic (exact) mass is 439 g/mol. The molecule has 1 aliphatic rings. The average molecular weight is 439 g/mol. The van der Waals surface area contributed by atoms with E-state index in [2.05, 4.69) is 25.1 Å². The van der Waals surface area contributed by atoms with Gasteiger partial charge in [0.15, 0.2) is 0 Å². The zero-order valence-corrected chi connectivity index (χ0v) is 17.0. The van der Waals surface area contributed by atoms with Crippen LogP contribution in [0.5, 0.6) is 0 Å². The zero-order valence-electron chi connectivity index (χ0n) is 17.0. The van der Waals surface area contributed by atoms with E-state index < -0.39 is 11.7 Å². The number of imidazole rings is 1. The molecule has 0 amide bonds. The fourth-order valence-electron chi connectivity index (χ4n) is 4.03. The van der Waals surface area contributed by atoms with Crippen LogP contribution in [0.3, 0.4) is 0 Å². The van der Waals surface area contributed by atoms with E-state index in [4.69, 9.17) is 4.42 Å². The minimum absolute atomic E-state index is 0.00150. The number of benzene rings is 2. The normalized spacial score (nSPS) is 17.2. The molecule has 32 heavy (non-hydrogen) atoms. The quantitative estimate of drug-likeness (QED) is 0.446. The van der Waals surface area contributed by atoms with Gasteiger partial charge >= 0.3 is 6.18 Å². The summed E-state index contributed by atoms with van der Waals surface area (Å²) in [6.07, 6.45) is -0.940. The molecule has 3 heterocycles. The van der Waals surface area contributed by atoms with Crippen molar-refractivity contribution in [3.8, 4) is 22.7 Å². The number of nitrogens with zero attached hydrogens (tertiary/aromatic N) is 4. The Labute approximate surface area is 182 Å². The number of rotatable bonds is 5. The third-order valence-corrected chi connectivity index (χ3v) is 5.60. The van der Waals surface area contributed by atoms with Gasteiger partial charge in [0, 0.05) is 11.1 Å². The van der Waals surface area contributed by atoms with E-state index >= 15 is 0 Å². The third-order valence-electron chi connectivity index (χ3n) is 5.60. The molecule has 9 heteroatoms. The Morgan fingerprint density at radius 3 is 2.66 bits per heavy atom. The van der Waals surface area contributed by atoms with Gasteiger partial charge in [-0.1, -0.05) is 30.3 Å². The second kappa shape index (κ2) is 8.23. The zero-order chi connectivity index (χ0) is 22.1. The minimum Gasteiger partial charge on any atom is -0.419 e. The Kier molecular flexibility index (Phi) is 5.26. The summed E-state index contributed by atoms with van der Waals surface area (Å²) >= 11 is 0. The van der Waals surface area contributed by atoms with Crippen LogP contribution >= 0.6 is 0 Å². The molecular weight excluding hydrogens is 419 g/mol. The predicted octanol–water partition coefficient (Wildman–Crippen LogP) is 5.48. The van der Waals surface area contributed by atoms with Gasteiger partial charge in [-0.15, -0.1) is 10.2 Å². The van der Waals surface area contributed by atoms with Crippen molar-refractivity contribution in [2.24, 2.45) is 0 Å². The van der Waals surface area contributed by atoms with Crippen molar-refractivity contribution < 1.29 is 17.6 Å². The van der Waals surface area contributed by atoms with Crippen molar-refractivity contribution >= 4 is 0 Å². The highest BCUT2D eigenvalue weighted by Gasteiger charge is 2.32. The Bertz CT molecular complexity index is 1200. The second-order valence-electron chi connectivity index (χ2n) is 7.76. The molecule has 4 aromatic rings. The standard InChI is InChI=1S/C23H20F3N5O/c24-23(25,26)17-9-4-8-16(12-17)18-13-27-21(28-18)19-10-5-11-31(19)14-20-29-30-22(32-20)15-6-2-1-3-7-15/h1-4,6-9,12-13,19H,5,10-11,14H2,(H,27,28)/t19-/m1/s1. The molecule has 1 saturated heterocycles. The highest BCUT2D eigenvalue weighted by Crippen LogP contribution is 2.35. The predicted molar refractivity (Wildman–Crippen MR) is 111 cm³/mol. The molecule has 0 saturated carbocycles. The maximum Gasteiger partial charge on any atom is 0.416 e. The Morgan fingerprint density at radius 2 is 1.84 bits per heavy atom. The van der Waals surface area contributed by atoms with Gasteiger partial charge in [-0.25, -0.2) is 4.98 Å². The van der Waals surface area contributed by atoms with Crippen molar-refractivity contribution in [2.45, 2.75) is 31.6 Å². The molecule has 1 aliphatic heterocycles. The molecule has 0 aliphatic carbocycles. The first-order chi connectivity index (χ1) is 15.5. The van der Waals surface area contributed by atoms with E-state index in [0.29, 0.717) is 29.6 Å². The number of hydrogen-bond donors (Lipinski definition) is 1. The molecular formula is C23H20F3N5O. The van der Waals surface area contributed by atoms with Crippen LogP contribution in [0.15, 0.2) is 65.2 Å². The van der Waals surface area contributed by atoms with Crippen molar-refractivity contribution in [2.75, 3.05) is 6.54 Å². The smallest absolute Gasteiger partial charge is 0.416 e. The van der Waals surface area contributed by atoms with Gasteiger partial charge < -0.3 is 9.40 Å². The molecule has 0 spiro atoms. The van der Waals surface area contributed by atoms with E-state index in [0.717, 1.165) is 42.9 Å². The van der Waals surface area contributed by atoms with Crippen molar-refractivity contribution in [1.82, 2.24) is 25.1 Å². The highest BCUT2D eigenvalue weighted by molar-refractivity contribution is 5.60. The van der Waals surface area contributed by atoms with Crippen molar-refractivity contribution in [3.05, 3.63) is 78.1 Å². The van der Waals surface area contributed by atoms with E-state index in [1.165, 1.54) is 6.07 Å². The molecule has 6 nitrogen and oxygen atoms in total. The lowest BCUT2D eigenvalue weighted by molar-refractivity contribution is -0.137. The lowest BCUT2D eigenvalue weighted by Crippen LogP contribution is -2.23. The largest absolute Gasteiger partial charge is 0.419 e. The molecule has 1 N–H and O–H groups in total. The van der Waals surface area contributed by atoms with Crippen molar-refractivity contribution in [3.63, 3.8) is 0 Å². The molecule has 2 aromatic heterocycles. The first-order valence-corrected chi connectivity index (χ1v) is 10.3. The minimum atomic E-state index is -4.39. The maximum absolute atomic E-state index is 13.1. The number of H-pyrrole nitrogens is 1. The van der Waals surface area contributed by atoms with Gasteiger partial charge in [0.1, 0.15) is 5.82 Å². The van der Waals surface area contributed by atoms with E-state index in [1.807, 2.05) is 30.3 Å². The summed E-state index contributed by atoms with van der Waals surface area (Å²) < 4.78 is 45.0. The van der Waals surface area contributed by atoms with E-state index in [1.54, 1.807) is 12.3 Å². The summed E-state index contributed by atoms with van der Waals surface area (Å²) in [7, 11) is 0. The topological polar surface area (TPSA) is 70.8 Å². The van der Waals surface area contributed by atoms with Crippen LogP contribution in [0.2, 0.25) is 0 Å². The van der Waals surface area contributed by atoms with Crippen molar-refractivity contribution in [1.29, 1.82) is 0 Å². The molecule has 1 fully saturated rings. The van der Waals surface area contributed by atoms with Crippen LogP contribution in [0.25, 0.3) is 22.7 Å². The molecule has 0 unspecified atom stereocenters. The summed E-state index contributed by atoms with van der Waals surface area (Å²) in [6, 6.07) is 14.8. The van der Waals surface area contributed by atoms with Crippen LogP contribution in [-0.4, -0.2) is 31.6 Å². The van der Waals surface area contributed by atoms with Gasteiger partial charge in [0.05, 0.1) is 30.0 Å². The number of hydrogen-bond acceptors (Lipinski definition) is 5. The first kappa shape index (κ1) is 20.4. The first-order valence-electron chi connectivity index (χ1n) is 10.3. The number of alkyl halides is 3. The van der Waals surface area contributed by atoms with Gasteiger partial charge in [-0.3, -0.25) is 4.90 Å². The van der Waals surface area contributed by atoms with Crippen LogP contribution in [0, 0.1) is 0 Å². The molecule has 164 valence electrons. The SMILES string of the molecule is FC(F)(F)c1cccc(-c2cnc([C@H]3CCCN3Cc3nnc(-c4ccccc4)o3)[nH]2)c1. The number of aromatic amines is 1. The molecule has 1 atom stereocenters. The fraction of sp³-hybridized carbons (Fsp3) is 0.261. The second-order valence-corrected chi connectivity index (χ2v) is 7.76. The maximum atomic E-state index is 13.1. The summed E-state index contributed by atoms with van der Waals surface area (Å²) in [6.45, 7) is 1.32. The number of nitrogens with one attached hydrogen (secondary N) is 1. The highest BCUT2D eigenvalue weighted by atomic mass is 19.4. The average Bonchev–Trinajstić information content (AvgIpc) is 3.55. The number of aromatic nitrogens is 4. The fourth-order valence-corrected chi connectivity index (χ4v) is 4.03. The summed E-state index contributed by atoms with van der Waals surface area (Å²) in [4.78, 5) is 9.87. The number of likely N-dealkylation sites (tertiary alicyclic amines) is 1. The van der Waals surface area contributed by atoms with Gasteiger partial charge in [-0.2, -0.15) is 13.2 Å². The third kappa shape index (κ3) is 4.16. The summed E-state index contributed by atoms with van der Waals surface area (Å²) in [5, 5.41) is 8.31. The van der Waals surface area contributed by atoms with E-state index in [9.17, 15) is 13.2 Å². The summed E-state index contributed by atoms with van der Waals surface area (Å²) in [5.41, 5.74) is 1.19. The summed E-state index contributed by atoms with van der Waals surface area (Å²) in [5.74, 6) is 1.71. The van der Waals surface area contributed by atoms with Crippen LogP contribution in [0.1, 0.15) is 36.2 Å². The van der Waals surface area contributed by atoms with Crippen LogP contribution in [0.4, 0.5) is 13.2 Å².